The van der Waals surface area contributed by atoms with E-state index in [1.165, 1.54) is 5.01 Å². The summed E-state index contributed by atoms with van der Waals surface area (Å²) in [6, 6.07) is 6.75. The minimum Gasteiger partial charge on any atom is -0.467 e. The number of carbonyl (C=O) groups excluding carboxylic acids is 2. The molecule has 0 bridgehead atoms. The monoisotopic (exact) mass is 406 g/mol. The van der Waals surface area contributed by atoms with Crippen LogP contribution in [-0.4, -0.2) is 51.7 Å². The molecule has 2 aliphatic heterocycles. The minimum atomic E-state index is -0.389. The molecule has 4 rings (SSSR count). The molecule has 1 saturated heterocycles. The van der Waals surface area contributed by atoms with Gasteiger partial charge in [-0.2, -0.15) is 16.9 Å². The van der Waals surface area contributed by atoms with Crippen LogP contribution in [0.15, 0.2) is 50.7 Å². The zero-order valence-electron chi connectivity index (χ0n) is 14.4. The third-order valence-electron chi connectivity index (χ3n) is 4.26. The quantitative estimate of drug-likeness (QED) is 0.706. The Morgan fingerprint density at radius 2 is 2.07 bits per heavy atom. The molecule has 9 heteroatoms. The number of carbonyl (C=O) groups is 2. The lowest BCUT2D eigenvalue weighted by Crippen LogP contribution is -2.34. The molecule has 0 N–H and O–H groups in total. The number of esters is 1. The van der Waals surface area contributed by atoms with E-state index in [9.17, 15) is 9.59 Å². The van der Waals surface area contributed by atoms with Crippen LogP contribution in [0.1, 0.15) is 24.0 Å². The molecule has 0 radical (unpaired) electrons. The summed E-state index contributed by atoms with van der Waals surface area (Å²) in [5, 5.41) is 5.52. The summed E-state index contributed by atoms with van der Waals surface area (Å²) < 4.78 is 16.1. The van der Waals surface area contributed by atoms with Crippen molar-refractivity contribution < 1.29 is 23.2 Å². The first kappa shape index (κ1) is 18.2. The van der Waals surface area contributed by atoms with Gasteiger partial charge < -0.3 is 13.6 Å². The third kappa shape index (κ3) is 4.08. The second-order valence-electron chi connectivity index (χ2n) is 6.04. The van der Waals surface area contributed by atoms with Gasteiger partial charge in [0.25, 0.3) is 5.91 Å². The third-order valence-corrected chi connectivity index (χ3v) is 6.99. The summed E-state index contributed by atoms with van der Waals surface area (Å²) >= 11 is 3.30. The van der Waals surface area contributed by atoms with Crippen LogP contribution in [0.3, 0.4) is 0 Å². The number of amides is 1. The van der Waals surface area contributed by atoms with Gasteiger partial charge in [-0.1, -0.05) is 0 Å². The summed E-state index contributed by atoms with van der Waals surface area (Å²) in [4.78, 5) is 24.9. The second-order valence-corrected chi connectivity index (χ2v) is 8.50. The summed E-state index contributed by atoms with van der Waals surface area (Å²) in [7, 11) is 0. The summed E-state index contributed by atoms with van der Waals surface area (Å²) in [5.41, 5.74) is 0.653. The summed E-state index contributed by atoms with van der Waals surface area (Å²) in [6.45, 7) is -0.341. The molecule has 27 heavy (non-hydrogen) atoms. The fraction of sp³-hybridized carbons (Fsp3) is 0.389. The zero-order valence-corrected chi connectivity index (χ0v) is 16.0. The Hall–Kier alpha value is -2.13. The average Bonchev–Trinajstić information content (AvgIpc) is 3.46. The van der Waals surface area contributed by atoms with E-state index in [2.05, 4.69) is 5.10 Å². The number of nitrogens with zero attached hydrogens (tertiary/aromatic N) is 2. The normalized spacial score (nSPS) is 22.5. The molecule has 0 aliphatic carbocycles. The van der Waals surface area contributed by atoms with Crippen LogP contribution in [0.2, 0.25) is 0 Å². The number of furan rings is 2. The maximum absolute atomic E-state index is 12.7. The molecule has 2 aromatic heterocycles. The molecule has 2 atom stereocenters. The molecule has 0 spiro atoms. The molecule has 142 valence electrons. The lowest BCUT2D eigenvalue weighted by atomic mass is 10.1. The van der Waals surface area contributed by atoms with Crippen molar-refractivity contribution in [3.05, 3.63) is 48.3 Å². The Balaban J connectivity index is 1.44. The largest absolute Gasteiger partial charge is 0.467 e. The number of thioether (sulfide) groups is 2. The predicted molar refractivity (Wildman–Crippen MR) is 103 cm³/mol. The highest BCUT2D eigenvalue weighted by Gasteiger charge is 2.36. The van der Waals surface area contributed by atoms with Crippen LogP contribution in [-0.2, 0) is 14.3 Å². The van der Waals surface area contributed by atoms with Crippen molar-refractivity contribution in [1.29, 1.82) is 0 Å². The lowest BCUT2D eigenvalue weighted by molar-refractivity contribution is -0.152. The van der Waals surface area contributed by atoms with Gasteiger partial charge in [0.05, 0.1) is 12.5 Å². The molecular weight excluding hydrogens is 388 g/mol. The van der Waals surface area contributed by atoms with Gasteiger partial charge in [-0.05, 0) is 24.3 Å². The van der Waals surface area contributed by atoms with Crippen molar-refractivity contribution in [3.8, 4) is 0 Å². The van der Waals surface area contributed by atoms with Crippen LogP contribution < -0.4 is 0 Å². The van der Waals surface area contributed by atoms with Crippen molar-refractivity contribution in [1.82, 2.24) is 5.01 Å². The Morgan fingerprint density at radius 1 is 1.22 bits per heavy atom. The van der Waals surface area contributed by atoms with Crippen LogP contribution in [0.4, 0.5) is 0 Å². The van der Waals surface area contributed by atoms with E-state index in [0.717, 1.165) is 17.3 Å². The maximum atomic E-state index is 12.7. The Bertz CT molecular complexity index is 813. The first-order valence-electron chi connectivity index (χ1n) is 8.55. The first-order valence-corrected chi connectivity index (χ1v) is 10.8. The fourth-order valence-electron chi connectivity index (χ4n) is 2.95. The van der Waals surface area contributed by atoms with Gasteiger partial charge in [0, 0.05) is 23.7 Å². The smallest absolute Gasteiger partial charge is 0.320 e. The van der Waals surface area contributed by atoms with Gasteiger partial charge in [0.1, 0.15) is 28.5 Å². The number of hydrogen-bond acceptors (Lipinski definition) is 8. The van der Waals surface area contributed by atoms with E-state index < -0.39 is 0 Å². The van der Waals surface area contributed by atoms with Gasteiger partial charge in [-0.3, -0.25) is 9.59 Å². The Kier molecular flexibility index (Phi) is 5.58. The average molecular weight is 406 g/mol. The van der Waals surface area contributed by atoms with E-state index in [4.69, 9.17) is 13.6 Å². The molecule has 7 nitrogen and oxygen atoms in total. The van der Waals surface area contributed by atoms with Gasteiger partial charge in [-0.15, -0.1) is 11.8 Å². The fourth-order valence-corrected chi connectivity index (χ4v) is 5.49. The Labute approximate surface area is 164 Å². The standard InChI is InChI=1S/C18H18N2O5S2/c21-17(10-25-18(22)16-11-26-7-8-27-16)20-13(15-4-2-6-24-15)9-12(19-20)14-3-1-5-23-14/h1-6,13,16H,7-11H2/t13-,16+/m0/s1. The van der Waals surface area contributed by atoms with Gasteiger partial charge >= 0.3 is 5.97 Å². The number of ether oxygens (including phenoxy) is 1. The number of rotatable bonds is 5. The topological polar surface area (TPSA) is 85.3 Å². The minimum absolute atomic E-state index is 0.210. The van der Waals surface area contributed by atoms with Gasteiger partial charge in [0.15, 0.2) is 6.61 Å². The van der Waals surface area contributed by atoms with E-state index in [0.29, 0.717) is 23.7 Å². The van der Waals surface area contributed by atoms with Crippen LogP contribution in [0.5, 0.6) is 0 Å². The predicted octanol–water partition coefficient (Wildman–Crippen LogP) is 2.94. The van der Waals surface area contributed by atoms with Crippen LogP contribution in [0, 0.1) is 0 Å². The second kappa shape index (κ2) is 8.26. The highest BCUT2D eigenvalue weighted by Crippen LogP contribution is 2.33. The van der Waals surface area contributed by atoms with Crippen molar-refractivity contribution in [2.75, 3.05) is 23.9 Å². The van der Waals surface area contributed by atoms with Gasteiger partial charge in [-0.25, -0.2) is 5.01 Å². The van der Waals surface area contributed by atoms with Crippen molar-refractivity contribution in [2.24, 2.45) is 5.10 Å². The van der Waals surface area contributed by atoms with Crippen LogP contribution >= 0.6 is 23.5 Å². The van der Waals surface area contributed by atoms with Crippen molar-refractivity contribution in [3.63, 3.8) is 0 Å². The summed E-state index contributed by atoms with van der Waals surface area (Å²) in [6.07, 6.45) is 3.59. The summed E-state index contributed by atoms with van der Waals surface area (Å²) in [5.74, 6) is 3.17. The molecular formula is C18H18N2O5S2. The van der Waals surface area contributed by atoms with Crippen molar-refractivity contribution in [2.45, 2.75) is 17.7 Å². The first-order chi connectivity index (χ1) is 13.2. The zero-order chi connectivity index (χ0) is 18.6. The van der Waals surface area contributed by atoms with E-state index in [1.807, 2.05) is 0 Å². The molecule has 4 heterocycles. The molecule has 0 unspecified atom stereocenters. The van der Waals surface area contributed by atoms with E-state index >= 15 is 0 Å². The molecule has 1 fully saturated rings. The van der Waals surface area contributed by atoms with Crippen LogP contribution in [0.25, 0.3) is 0 Å². The molecule has 2 aromatic rings. The molecule has 0 saturated carbocycles. The lowest BCUT2D eigenvalue weighted by Gasteiger charge is -2.22. The molecule has 0 aromatic carbocycles. The highest BCUT2D eigenvalue weighted by molar-refractivity contribution is 8.07. The van der Waals surface area contributed by atoms with Gasteiger partial charge in [0.2, 0.25) is 0 Å². The SMILES string of the molecule is O=C(OCC(=O)N1N=C(c2ccco2)C[C@H]1c1ccco1)[C@H]1CSCCS1. The molecule has 2 aliphatic rings. The number of hydrazone groups is 1. The Morgan fingerprint density at radius 3 is 2.78 bits per heavy atom. The van der Waals surface area contributed by atoms with E-state index in [1.54, 1.807) is 60.3 Å². The highest BCUT2D eigenvalue weighted by atomic mass is 32.2. The maximum Gasteiger partial charge on any atom is 0.320 e. The molecule has 1 amide bonds. The number of hydrogen-bond donors (Lipinski definition) is 0. The van der Waals surface area contributed by atoms with Crippen molar-refractivity contribution >= 4 is 41.1 Å². The van der Waals surface area contributed by atoms with E-state index in [-0.39, 0.29) is 29.8 Å².